The van der Waals surface area contributed by atoms with Crippen molar-refractivity contribution in [2.45, 2.75) is 12.8 Å². The lowest BCUT2D eigenvalue weighted by atomic mass is 9.97. The van der Waals surface area contributed by atoms with Gasteiger partial charge < -0.3 is 9.88 Å². The summed E-state index contributed by atoms with van der Waals surface area (Å²) in [6.45, 7) is 1.43. The van der Waals surface area contributed by atoms with Crippen LogP contribution in [0, 0.1) is 5.92 Å². The highest BCUT2D eigenvalue weighted by atomic mass is 16.2. The quantitative estimate of drug-likeness (QED) is 0.733. The van der Waals surface area contributed by atoms with Crippen LogP contribution >= 0.6 is 0 Å². The molecule has 4 rings (SSSR count). The van der Waals surface area contributed by atoms with E-state index in [1.807, 2.05) is 23.1 Å². The molecule has 1 aliphatic rings. The number of aromatic amines is 1. The monoisotopic (exact) mass is 350 g/mol. The van der Waals surface area contributed by atoms with Crippen LogP contribution < -0.4 is 10.2 Å². The summed E-state index contributed by atoms with van der Waals surface area (Å²) in [5.74, 6) is 1.25. The Balaban J connectivity index is 1.41. The van der Waals surface area contributed by atoms with Gasteiger partial charge in [-0.05, 0) is 31.0 Å². The molecule has 3 aromatic heterocycles. The van der Waals surface area contributed by atoms with E-state index in [1.54, 1.807) is 24.7 Å². The Bertz CT molecular complexity index is 867. The zero-order chi connectivity index (χ0) is 17.8. The first-order valence-electron chi connectivity index (χ1n) is 8.46. The molecule has 0 aromatic carbocycles. The van der Waals surface area contributed by atoms with Crippen LogP contribution in [0.25, 0.3) is 11.5 Å². The van der Waals surface area contributed by atoms with Gasteiger partial charge in [0.15, 0.2) is 5.82 Å². The van der Waals surface area contributed by atoms with Crippen LogP contribution in [-0.4, -0.2) is 49.1 Å². The molecule has 26 heavy (non-hydrogen) atoms. The number of piperidine rings is 1. The van der Waals surface area contributed by atoms with Crippen molar-refractivity contribution in [3.8, 4) is 11.5 Å². The molecule has 9 heteroatoms. The van der Waals surface area contributed by atoms with Gasteiger partial charge in [0, 0.05) is 31.7 Å². The average molecular weight is 350 g/mol. The first-order chi connectivity index (χ1) is 12.8. The van der Waals surface area contributed by atoms with E-state index in [0.29, 0.717) is 30.0 Å². The first kappa shape index (κ1) is 16.1. The molecule has 0 bridgehead atoms. The van der Waals surface area contributed by atoms with Crippen molar-refractivity contribution in [3.63, 3.8) is 0 Å². The number of H-pyrrole nitrogens is 1. The van der Waals surface area contributed by atoms with Crippen LogP contribution in [0.15, 0.2) is 42.9 Å². The number of aromatic nitrogens is 6. The van der Waals surface area contributed by atoms with E-state index in [4.69, 9.17) is 0 Å². The Kier molecular flexibility index (Phi) is 4.50. The maximum Gasteiger partial charge on any atom is 0.231 e. The third-order valence-corrected chi connectivity index (χ3v) is 4.26. The molecule has 0 aliphatic carbocycles. The largest absolute Gasteiger partial charge is 0.340 e. The highest BCUT2D eigenvalue weighted by Gasteiger charge is 2.27. The van der Waals surface area contributed by atoms with Crippen molar-refractivity contribution >= 4 is 17.8 Å². The van der Waals surface area contributed by atoms with Crippen LogP contribution in [0.2, 0.25) is 0 Å². The van der Waals surface area contributed by atoms with E-state index in [1.165, 1.54) is 0 Å². The molecule has 1 saturated heterocycles. The lowest BCUT2D eigenvalue weighted by molar-refractivity contribution is -0.120. The number of anilines is 2. The molecular weight excluding hydrogens is 332 g/mol. The van der Waals surface area contributed by atoms with Crippen molar-refractivity contribution in [2.24, 2.45) is 5.92 Å². The fourth-order valence-electron chi connectivity index (χ4n) is 2.98. The number of amides is 1. The number of hydrogen-bond donors (Lipinski definition) is 2. The van der Waals surface area contributed by atoms with Crippen LogP contribution in [0.4, 0.5) is 11.9 Å². The van der Waals surface area contributed by atoms with E-state index in [2.05, 4.69) is 35.5 Å². The Morgan fingerprint density at radius 2 is 1.96 bits per heavy atom. The standard InChI is InChI=1S/C17H18N8O/c26-15(12-5-3-10-25(11-12)17-19-8-4-9-20-17)22-16-21-14(23-24-16)13-6-1-2-7-18-13/h1-2,4,6-9,12H,3,5,10-11H2,(H2,21,22,23,24,26). The predicted octanol–water partition coefficient (Wildman–Crippen LogP) is 1.51. The van der Waals surface area contributed by atoms with Gasteiger partial charge in [0.1, 0.15) is 5.69 Å². The molecule has 4 heterocycles. The zero-order valence-electron chi connectivity index (χ0n) is 14.0. The molecule has 1 amide bonds. The Morgan fingerprint density at radius 1 is 1.12 bits per heavy atom. The van der Waals surface area contributed by atoms with Gasteiger partial charge in [-0.15, -0.1) is 10.2 Å². The van der Waals surface area contributed by atoms with Gasteiger partial charge in [-0.3, -0.25) is 15.1 Å². The first-order valence-corrected chi connectivity index (χ1v) is 8.46. The van der Waals surface area contributed by atoms with Crippen LogP contribution in [0.3, 0.4) is 0 Å². The summed E-state index contributed by atoms with van der Waals surface area (Å²) < 4.78 is 0. The maximum absolute atomic E-state index is 12.6. The lowest BCUT2D eigenvalue weighted by Gasteiger charge is -2.31. The molecule has 9 nitrogen and oxygen atoms in total. The lowest BCUT2D eigenvalue weighted by Crippen LogP contribution is -2.41. The Morgan fingerprint density at radius 3 is 2.77 bits per heavy atom. The second kappa shape index (κ2) is 7.26. The van der Waals surface area contributed by atoms with E-state index >= 15 is 0 Å². The van der Waals surface area contributed by atoms with Gasteiger partial charge in [0.25, 0.3) is 0 Å². The highest BCUT2D eigenvalue weighted by Crippen LogP contribution is 2.21. The van der Waals surface area contributed by atoms with Gasteiger partial charge >= 0.3 is 0 Å². The molecular formula is C17H18N8O. The van der Waals surface area contributed by atoms with Crippen LogP contribution in [-0.2, 0) is 4.79 Å². The van der Waals surface area contributed by atoms with Gasteiger partial charge in [0.2, 0.25) is 17.8 Å². The average Bonchev–Trinajstić information content (AvgIpc) is 3.18. The van der Waals surface area contributed by atoms with Gasteiger partial charge in [-0.1, -0.05) is 6.07 Å². The number of hydrogen-bond acceptors (Lipinski definition) is 7. The number of rotatable bonds is 4. The van der Waals surface area contributed by atoms with Crippen LogP contribution in [0.1, 0.15) is 12.8 Å². The van der Waals surface area contributed by atoms with Crippen molar-refractivity contribution in [3.05, 3.63) is 42.9 Å². The third-order valence-electron chi connectivity index (χ3n) is 4.26. The van der Waals surface area contributed by atoms with Crippen molar-refractivity contribution in [1.82, 2.24) is 30.1 Å². The molecule has 1 fully saturated rings. The summed E-state index contributed by atoms with van der Waals surface area (Å²) in [5, 5.41) is 10.8. The molecule has 1 unspecified atom stereocenters. The van der Waals surface area contributed by atoms with Crippen molar-refractivity contribution < 1.29 is 4.79 Å². The van der Waals surface area contributed by atoms with Crippen molar-refractivity contribution in [2.75, 3.05) is 23.3 Å². The van der Waals surface area contributed by atoms with E-state index < -0.39 is 0 Å². The van der Waals surface area contributed by atoms with Crippen LogP contribution in [0.5, 0.6) is 0 Å². The molecule has 2 N–H and O–H groups in total. The third kappa shape index (κ3) is 3.51. The molecule has 0 spiro atoms. The summed E-state index contributed by atoms with van der Waals surface area (Å²) in [7, 11) is 0. The minimum Gasteiger partial charge on any atom is -0.340 e. The summed E-state index contributed by atoms with van der Waals surface area (Å²) in [6, 6.07) is 7.30. The normalized spacial score (nSPS) is 17.1. The summed E-state index contributed by atoms with van der Waals surface area (Å²) >= 11 is 0. The fraction of sp³-hybridized carbons (Fsp3) is 0.294. The Hall–Kier alpha value is -3.36. The summed E-state index contributed by atoms with van der Waals surface area (Å²) in [4.78, 5) is 30.4. The molecule has 3 aromatic rings. The smallest absolute Gasteiger partial charge is 0.231 e. The highest BCUT2D eigenvalue weighted by molar-refractivity contribution is 5.91. The minimum atomic E-state index is -0.157. The maximum atomic E-state index is 12.6. The topological polar surface area (TPSA) is 113 Å². The predicted molar refractivity (Wildman–Crippen MR) is 95.2 cm³/mol. The Labute approximate surface area is 149 Å². The molecule has 132 valence electrons. The van der Waals surface area contributed by atoms with E-state index in [9.17, 15) is 4.79 Å². The van der Waals surface area contributed by atoms with Gasteiger partial charge in [-0.25, -0.2) is 9.97 Å². The van der Waals surface area contributed by atoms with E-state index in [-0.39, 0.29) is 11.8 Å². The fourth-order valence-corrected chi connectivity index (χ4v) is 2.98. The summed E-state index contributed by atoms with van der Waals surface area (Å²) in [5.41, 5.74) is 0.672. The van der Waals surface area contributed by atoms with Gasteiger partial charge in [-0.2, -0.15) is 0 Å². The van der Waals surface area contributed by atoms with Gasteiger partial charge in [0.05, 0.1) is 5.92 Å². The minimum absolute atomic E-state index is 0.0886. The molecule has 0 saturated carbocycles. The molecule has 0 radical (unpaired) electrons. The van der Waals surface area contributed by atoms with Crippen molar-refractivity contribution in [1.29, 1.82) is 0 Å². The summed E-state index contributed by atoms with van der Waals surface area (Å²) in [6.07, 6.45) is 6.82. The second-order valence-corrected chi connectivity index (χ2v) is 6.06. The SMILES string of the molecule is O=C(Nc1nnc(-c2ccccn2)[nH]1)C1CCCN(c2ncccn2)C1. The second-order valence-electron chi connectivity index (χ2n) is 6.06. The number of pyridine rings is 1. The van der Waals surface area contributed by atoms with E-state index in [0.717, 1.165) is 19.4 Å². The number of nitrogens with one attached hydrogen (secondary N) is 2. The molecule has 1 aliphatic heterocycles. The number of nitrogens with zero attached hydrogens (tertiary/aromatic N) is 6. The number of carbonyl (C=O) groups is 1. The zero-order valence-corrected chi connectivity index (χ0v) is 14.0. The molecule has 1 atom stereocenters. The number of carbonyl (C=O) groups excluding carboxylic acids is 1.